The van der Waals surface area contributed by atoms with Crippen molar-refractivity contribution in [3.8, 4) is 0 Å². The first-order chi connectivity index (χ1) is 6.80. The number of carbonyl (C=O) groups excluding carboxylic acids is 1. The predicted molar refractivity (Wildman–Crippen MR) is 64.1 cm³/mol. The molecule has 0 aliphatic rings. The van der Waals surface area contributed by atoms with Crippen molar-refractivity contribution in [3.63, 3.8) is 0 Å². The van der Waals surface area contributed by atoms with E-state index in [-0.39, 0.29) is 0 Å². The Hall–Kier alpha value is -0.580. The van der Waals surface area contributed by atoms with Crippen molar-refractivity contribution < 1.29 is 9.90 Å². The van der Waals surface area contributed by atoms with Crippen molar-refractivity contribution in [2.45, 2.75) is 19.4 Å². The SMILES string of the molecule is CC(C)(O)C(=O)Nc1ccc(Br)c(Cl)c1. The fourth-order valence-corrected chi connectivity index (χ4v) is 1.29. The minimum absolute atomic E-state index is 0.471. The molecule has 0 aliphatic carbocycles. The van der Waals surface area contributed by atoms with Crippen LogP contribution in [0.5, 0.6) is 0 Å². The Bertz CT molecular complexity index is 387. The van der Waals surface area contributed by atoms with E-state index in [1.54, 1.807) is 18.2 Å². The van der Waals surface area contributed by atoms with Gasteiger partial charge >= 0.3 is 0 Å². The molecule has 1 aromatic carbocycles. The third kappa shape index (κ3) is 3.48. The summed E-state index contributed by atoms with van der Waals surface area (Å²) in [6.07, 6.45) is 0. The standard InChI is InChI=1S/C10H11BrClNO2/c1-10(2,15)9(14)13-6-3-4-7(11)8(12)5-6/h3-5,15H,1-2H3,(H,13,14). The lowest BCUT2D eigenvalue weighted by atomic mass is 10.1. The van der Waals surface area contributed by atoms with E-state index in [0.29, 0.717) is 10.7 Å². The van der Waals surface area contributed by atoms with Crippen LogP contribution in [-0.4, -0.2) is 16.6 Å². The Morgan fingerprint density at radius 1 is 1.53 bits per heavy atom. The Morgan fingerprint density at radius 2 is 2.13 bits per heavy atom. The first-order valence-electron chi connectivity index (χ1n) is 4.29. The van der Waals surface area contributed by atoms with E-state index in [4.69, 9.17) is 11.6 Å². The summed E-state index contributed by atoms with van der Waals surface area (Å²) in [5.41, 5.74) is -0.852. The largest absolute Gasteiger partial charge is 0.381 e. The summed E-state index contributed by atoms with van der Waals surface area (Å²) in [6, 6.07) is 5.03. The van der Waals surface area contributed by atoms with Crippen molar-refractivity contribution in [2.24, 2.45) is 0 Å². The molecule has 1 rings (SSSR count). The molecule has 82 valence electrons. The Morgan fingerprint density at radius 3 is 2.60 bits per heavy atom. The van der Waals surface area contributed by atoms with E-state index in [1.165, 1.54) is 13.8 Å². The maximum absolute atomic E-state index is 11.4. The molecule has 0 unspecified atom stereocenters. The second-order valence-corrected chi connectivity index (χ2v) is 4.90. The monoisotopic (exact) mass is 291 g/mol. The fourth-order valence-electron chi connectivity index (χ4n) is 0.858. The minimum Gasteiger partial charge on any atom is -0.381 e. The molecule has 0 fully saturated rings. The van der Waals surface area contributed by atoms with Crippen LogP contribution in [0.15, 0.2) is 22.7 Å². The van der Waals surface area contributed by atoms with E-state index in [2.05, 4.69) is 21.2 Å². The van der Waals surface area contributed by atoms with Crippen LogP contribution in [0.1, 0.15) is 13.8 Å². The molecule has 0 saturated carbocycles. The third-order valence-corrected chi connectivity index (χ3v) is 2.97. The summed E-state index contributed by atoms with van der Waals surface area (Å²) >= 11 is 9.09. The molecule has 3 nitrogen and oxygen atoms in total. The molecule has 2 N–H and O–H groups in total. The maximum atomic E-state index is 11.4. The van der Waals surface area contributed by atoms with Gasteiger partial charge in [-0.1, -0.05) is 11.6 Å². The van der Waals surface area contributed by atoms with Gasteiger partial charge in [-0.3, -0.25) is 4.79 Å². The van der Waals surface area contributed by atoms with E-state index < -0.39 is 11.5 Å². The predicted octanol–water partition coefficient (Wildman–Crippen LogP) is 2.81. The minimum atomic E-state index is -1.40. The number of hydrogen-bond donors (Lipinski definition) is 2. The molecule has 0 aliphatic heterocycles. The van der Waals surface area contributed by atoms with Gasteiger partial charge in [0.2, 0.25) is 0 Å². The second-order valence-electron chi connectivity index (χ2n) is 3.64. The molecule has 0 bridgehead atoms. The first kappa shape index (κ1) is 12.5. The van der Waals surface area contributed by atoms with Gasteiger partial charge in [0.05, 0.1) is 5.02 Å². The molecular formula is C10H11BrClNO2. The molecular weight excluding hydrogens is 281 g/mol. The topological polar surface area (TPSA) is 49.3 Å². The lowest BCUT2D eigenvalue weighted by molar-refractivity contribution is -0.130. The molecule has 0 saturated heterocycles. The molecule has 15 heavy (non-hydrogen) atoms. The molecule has 1 aromatic rings. The zero-order valence-corrected chi connectivity index (χ0v) is 10.7. The van der Waals surface area contributed by atoms with Gasteiger partial charge in [-0.15, -0.1) is 0 Å². The third-order valence-electron chi connectivity index (χ3n) is 1.73. The van der Waals surface area contributed by atoms with Gasteiger partial charge in [-0.05, 0) is 48.0 Å². The first-order valence-corrected chi connectivity index (χ1v) is 5.46. The second kappa shape index (κ2) is 4.51. The Labute approximate surface area is 102 Å². The quantitative estimate of drug-likeness (QED) is 0.880. The Balaban J connectivity index is 2.83. The molecule has 0 heterocycles. The number of anilines is 1. The summed E-state index contributed by atoms with van der Waals surface area (Å²) < 4.78 is 0.755. The smallest absolute Gasteiger partial charge is 0.255 e. The number of rotatable bonds is 2. The normalized spacial score (nSPS) is 11.3. The van der Waals surface area contributed by atoms with Gasteiger partial charge in [-0.25, -0.2) is 0 Å². The van der Waals surface area contributed by atoms with Crippen molar-refractivity contribution in [2.75, 3.05) is 5.32 Å². The molecule has 1 amide bonds. The van der Waals surface area contributed by atoms with Crippen molar-refractivity contribution in [1.29, 1.82) is 0 Å². The van der Waals surface area contributed by atoms with Crippen LogP contribution in [-0.2, 0) is 4.79 Å². The highest BCUT2D eigenvalue weighted by Crippen LogP contribution is 2.25. The van der Waals surface area contributed by atoms with Crippen LogP contribution in [0.2, 0.25) is 5.02 Å². The molecule has 0 spiro atoms. The zero-order chi connectivity index (χ0) is 11.6. The summed E-state index contributed by atoms with van der Waals surface area (Å²) in [5, 5.41) is 12.5. The van der Waals surface area contributed by atoms with E-state index in [1.807, 2.05) is 0 Å². The molecule has 0 aromatic heterocycles. The molecule has 5 heteroatoms. The van der Waals surface area contributed by atoms with Crippen molar-refractivity contribution in [1.82, 2.24) is 0 Å². The van der Waals surface area contributed by atoms with E-state index in [9.17, 15) is 9.90 Å². The van der Waals surface area contributed by atoms with Gasteiger partial charge < -0.3 is 10.4 Å². The number of aliphatic hydroxyl groups is 1. The summed E-state index contributed by atoms with van der Waals surface area (Å²) in [5.74, 6) is -0.471. The van der Waals surface area contributed by atoms with Crippen molar-refractivity contribution in [3.05, 3.63) is 27.7 Å². The van der Waals surface area contributed by atoms with Gasteiger partial charge in [0.25, 0.3) is 5.91 Å². The summed E-state index contributed by atoms with van der Waals surface area (Å²) in [4.78, 5) is 11.4. The highest BCUT2D eigenvalue weighted by Gasteiger charge is 2.23. The van der Waals surface area contributed by atoms with Crippen LogP contribution < -0.4 is 5.32 Å². The number of benzene rings is 1. The number of halogens is 2. The van der Waals surface area contributed by atoms with Gasteiger partial charge in [0.1, 0.15) is 5.60 Å². The maximum Gasteiger partial charge on any atom is 0.255 e. The van der Waals surface area contributed by atoms with Gasteiger partial charge in [0.15, 0.2) is 0 Å². The fraction of sp³-hybridized carbons (Fsp3) is 0.300. The van der Waals surface area contributed by atoms with Gasteiger partial charge in [0, 0.05) is 10.2 Å². The average molecular weight is 293 g/mol. The molecule has 0 radical (unpaired) electrons. The van der Waals surface area contributed by atoms with Crippen LogP contribution in [0, 0.1) is 0 Å². The Kier molecular flexibility index (Phi) is 3.76. The number of amides is 1. The lowest BCUT2D eigenvalue weighted by Gasteiger charge is -2.16. The van der Waals surface area contributed by atoms with Crippen LogP contribution in [0.25, 0.3) is 0 Å². The average Bonchev–Trinajstić information content (AvgIpc) is 2.10. The lowest BCUT2D eigenvalue weighted by Crippen LogP contribution is -2.36. The van der Waals surface area contributed by atoms with Crippen LogP contribution >= 0.6 is 27.5 Å². The zero-order valence-electron chi connectivity index (χ0n) is 8.34. The van der Waals surface area contributed by atoms with E-state index >= 15 is 0 Å². The number of hydrogen-bond acceptors (Lipinski definition) is 2. The number of carbonyl (C=O) groups is 1. The summed E-state index contributed by atoms with van der Waals surface area (Å²) in [7, 11) is 0. The van der Waals surface area contributed by atoms with Gasteiger partial charge in [-0.2, -0.15) is 0 Å². The molecule has 0 atom stereocenters. The summed E-state index contributed by atoms with van der Waals surface area (Å²) in [6.45, 7) is 2.84. The van der Waals surface area contributed by atoms with Crippen molar-refractivity contribution >= 4 is 39.1 Å². The van der Waals surface area contributed by atoms with E-state index in [0.717, 1.165) is 4.47 Å². The van der Waals surface area contributed by atoms with Crippen LogP contribution in [0.4, 0.5) is 5.69 Å². The number of nitrogens with one attached hydrogen (secondary N) is 1. The van der Waals surface area contributed by atoms with Crippen LogP contribution in [0.3, 0.4) is 0 Å². The highest BCUT2D eigenvalue weighted by molar-refractivity contribution is 9.10. The highest BCUT2D eigenvalue weighted by atomic mass is 79.9.